The van der Waals surface area contributed by atoms with Crippen molar-refractivity contribution >= 4 is 23.7 Å². The zero-order valence-electron chi connectivity index (χ0n) is 12.1. The van der Waals surface area contributed by atoms with E-state index in [-0.39, 0.29) is 13.0 Å². The van der Waals surface area contributed by atoms with Gasteiger partial charge in [-0.3, -0.25) is 4.79 Å². The minimum atomic E-state index is -0.991. The second kappa shape index (κ2) is 7.28. The highest BCUT2D eigenvalue weighted by molar-refractivity contribution is 5.95. The Kier molecular flexibility index (Phi) is 5.71. The molecule has 1 aromatic rings. The summed E-state index contributed by atoms with van der Waals surface area (Å²) in [6, 6.07) is 2.77. The Hall–Kier alpha value is -2.57. The first-order valence-electron chi connectivity index (χ1n) is 6.31. The first kappa shape index (κ1) is 16.5. The molecule has 1 rings (SSSR count). The van der Waals surface area contributed by atoms with Gasteiger partial charge in [-0.25, -0.2) is 9.59 Å². The van der Waals surface area contributed by atoms with Crippen molar-refractivity contribution in [1.29, 1.82) is 0 Å². The van der Waals surface area contributed by atoms with Crippen LogP contribution in [-0.4, -0.2) is 36.7 Å². The highest BCUT2D eigenvalue weighted by atomic mass is 16.5. The number of hydrogen-bond acceptors (Lipinski definition) is 4. The molecule has 0 fully saturated rings. The number of carboxylic acids is 1. The van der Waals surface area contributed by atoms with Crippen LogP contribution in [0.2, 0.25) is 0 Å². The van der Waals surface area contributed by atoms with E-state index in [4.69, 9.17) is 5.11 Å². The molecule has 114 valence electrons. The highest BCUT2D eigenvalue weighted by Crippen LogP contribution is 2.21. The molecule has 0 radical (unpaired) electrons. The Labute approximate surface area is 122 Å². The molecular weight excluding hydrogens is 276 g/mol. The number of urea groups is 1. The first-order chi connectivity index (χ1) is 9.85. The van der Waals surface area contributed by atoms with Crippen LogP contribution in [0.1, 0.15) is 27.9 Å². The maximum Gasteiger partial charge on any atom is 0.338 e. The molecule has 7 nitrogen and oxygen atoms in total. The number of carboxylic acid groups (broad SMARTS) is 1. The lowest BCUT2D eigenvalue weighted by Gasteiger charge is -2.12. The minimum absolute atomic E-state index is 0.0237. The van der Waals surface area contributed by atoms with Crippen molar-refractivity contribution in [2.45, 2.75) is 20.3 Å². The van der Waals surface area contributed by atoms with Gasteiger partial charge < -0.3 is 20.5 Å². The third kappa shape index (κ3) is 4.79. The van der Waals surface area contributed by atoms with Crippen LogP contribution >= 0.6 is 0 Å². The van der Waals surface area contributed by atoms with Crippen molar-refractivity contribution in [3.8, 4) is 0 Å². The van der Waals surface area contributed by atoms with Crippen molar-refractivity contribution < 1.29 is 24.2 Å². The Morgan fingerprint density at radius 2 is 1.86 bits per heavy atom. The van der Waals surface area contributed by atoms with E-state index in [1.807, 2.05) is 0 Å². The van der Waals surface area contributed by atoms with Gasteiger partial charge in [-0.05, 0) is 31.0 Å². The summed E-state index contributed by atoms with van der Waals surface area (Å²) in [6.07, 6.45) is -0.159. The van der Waals surface area contributed by atoms with Crippen LogP contribution in [-0.2, 0) is 9.53 Å². The lowest BCUT2D eigenvalue weighted by atomic mass is 10.0. The molecule has 0 aliphatic heterocycles. The van der Waals surface area contributed by atoms with Gasteiger partial charge in [-0.15, -0.1) is 0 Å². The monoisotopic (exact) mass is 294 g/mol. The van der Waals surface area contributed by atoms with E-state index in [9.17, 15) is 14.4 Å². The molecule has 2 amide bonds. The van der Waals surface area contributed by atoms with Gasteiger partial charge in [-0.1, -0.05) is 6.07 Å². The fourth-order valence-electron chi connectivity index (χ4n) is 1.77. The summed E-state index contributed by atoms with van der Waals surface area (Å²) in [7, 11) is 1.29. The molecule has 21 heavy (non-hydrogen) atoms. The molecular formula is C14H18N2O5. The summed E-state index contributed by atoms with van der Waals surface area (Å²) < 4.78 is 4.68. The second-order valence-corrected chi connectivity index (χ2v) is 4.50. The van der Waals surface area contributed by atoms with Crippen molar-refractivity contribution in [3.05, 3.63) is 28.8 Å². The van der Waals surface area contributed by atoms with Crippen molar-refractivity contribution in [1.82, 2.24) is 5.32 Å². The van der Waals surface area contributed by atoms with Gasteiger partial charge in [0.15, 0.2) is 0 Å². The quantitative estimate of drug-likeness (QED) is 0.717. The zero-order chi connectivity index (χ0) is 16.0. The van der Waals surface area contributed by atoms with Crippen LogP contribution in [0.5, 0.6) is 0 Å². The molecule has 0 aliphatic carbocycles. The third-order valence-corrected chi connectivity index (χ3v) is 2.85. The van der Waals surface area contributed by atoms with Crippen molar-refractivity contribution in [2.75, 3.05) is 19.0 Å². The summed E-state index contributed by atoms with van der Waals surface area (Å²) >= 11 is 0. The summed E-state index contributed by atoms with van der Waals surface area (Å²) in [5.41, 5.74) is 2.36. The van der Waals surface area contributed by atoms with Gasteiger partial charge in [0.1, 0.15) is 0 Å². The van der Waals surface area contributed by atoms with Crippen LogP contribution in [0.3, 0.4) is 0 Å². The van der Waals surface area contributed by atoms with E-state index in [1.54, 1.807) is 19.9 Å². The number of hydrogen-bond donors (Lipinski definition) is 3. The number of aliphatic carboxylic acids is 1. The van der Waals surface area contributed by atoms with E-state index in [1.165, 1.54) is 13.2 Å². The normalized spacial score (nSPS) is 9.86. The van der Waals surface area contributed by atoms with Gasteiger partial charge in [-0.2, -0.15) is 0 Å². The fourth-order valence-corrected chi connectivity index (χ4v) is 1.77. The third-order valence-electron chi connectivity index (χ3n) is 2.85. The molecule has 0 spiro atoms. The van der Waals surface area contributed by atoms with E-state index in [0.29, 0.717) is 11.3 Å². The lowest BCUT2D eigenvalue weighted by Crippen LogP contribution is -2.31. The molecule has 0 aliphatic rings. The number of nitrogens with one attached hydrogen (secondary N) is 2. The van der Waals surface area contributed by atoms with Gasteiger partial charge in [0, 0.05) is 12.2 Å². The van der Waals surface area contributed by atoms with E-state index >= 15 is 0 Å². The minimum Gasteiger partial charge on any atom is -0.481 e. The number of esters is 1. The predicted molar refractivity (Wildman–Crippen MR) is 76.5 cm³/mol. The Morgan fingerprint density at radius 3 is 2.43 bits per heavy atom. The summed E-state index contributed by atoms with van der Waals surface area (Å²) in [5, 5.41) is 13.5. The maximum atomic E-state index is 11.7. The smallest absolute Gasteiger partial charge is 0.338 e. The molecule has 7 heteroatoms. The summed E-state index contributed by atoms with van der Waals surface area (Å²) in [6.45, 7) is 3.59. The molecule has 3 N–H and O–H groups in total. The van der Waals surface area contributed by atoms with Gasteiger partial charge in [0.2, 0.25) is 0 Å². The van der Waals surface area contributed by atoms with Crippen molar-refractivity contribution in [2.24, 2.45) is 0 Å². The fraction of sp³-hybridized carbons (Fsp3) is 0.357. The van der Waals surface area contributed by atoms with Gasteiger partial charge >= 0.3 is 18.0 Å². The maximum absolute atomic E-state index is 11.7. The van der Waals surface area contributed by atoms with Crippen LogP contribution < -0.4 is 10.6 Å². The summed E-state index contributed by atoms with van der Waals surface area (Å²) in [4.78, 5) is 33.6. The van der Waals surface area contributed by atoms with Gasteiger partial charge in [0.25, 0.3) is 0 Å². The number of benzene rings is 1. The zero-order valence-corrected chi connectivity index (χ0v) is 12.1. The number of methoxy groups -OCH3 is 1. The topological polar surface area (TPSA) is 105 Å². The number of amides is 2. The van der Waals surface area contributed by atoms with Crippen LogP contribution in [0, 0.1) is 13.8 Å². The number of rotatable bonds is 5. The standard InChI is InChI=1S/C14H18N2O5/c1-8-6-9(2)11(7-10(8)13(19)21-3)16-14(20)15-5-4-12(17)18/h6-7H,4-5H2,1-3H3,(H,17,18)(H2,15,16,20). The van der Waals surface area contributed by atoms with Gasteiger partial charge in [0.05, 0.1) is 19.1 Å². The van der Waals surface area contributed by atoms with E-state index < -0.39 is 18.0 Å². The largest absolute Gasteiger partial charge is 0.481 e. The van der Waals surface area contributed by atoms with Crippen LogP contribution in [0.4, 0.5) is 10.5 Å². The predicted octanol–water partition coefficient (Wildman–Crippen LogP) is 1.69. The molecule has 0 saturated heterocycles. The molecule has 0 atom stereocenters. The summed E-state index contributed by atoms with van der Waals surface area (Å²) in [5.74, 6) is -1.48. The Balaban J connectivity index is 2.81. The average molecular weight is 294 g/mol. The number of aryl methyl sites for hydroxylation is 2. The highest BCUT2D eigenvalue weighted by Gasteiger charge is 2.13. The average Bonchev–Trinajstić information content (AvgIpc) is 2.40. The molecule has 0 aromatic heterocycles. The second-order valence-electron chi connectivity index (χ2n) is 4.50. The van der Waals surface area contributed by atoms with E-state index in [0.717, 1.165) is 11.1 Å². The molecule has 0 heterocycles. The van der Waals surface area contributed by atoms with Crippen LogP contribution in [0.25, 0.3) is 0 Å². The number of carbonyl (C=O) groups is 3. The van der Waals surface area contributed by atoms with E-state index in [2.05, 4.69) is 15.4 Å². The number of anilines is 1. The molecule has 1 aromatic carbocycles. The Bertz CT molecular complexity index is 569. The Morgan fingerprint density at radius 1 is 1.19 bits per heavy atom. The number of ether oxygens (including phenoxy) is 1. The SMILES string of the molecule is COC(=O)c1cc(NC(=O)NCCC(=O)O)c(C)cc1C. The first-order valence-corrected chi connectivity index (χ1v) is 6.31. The molecule has 0 saturated carbocycles. The lowest BCUT2D eigenvalue weighted by molar-refractivity contribution is -0.136. The van der Waals surface area contributed by atoms with Crippen molar-refractivity contribution in [3.63, 3.8) is 0 Å². The number of carbonyl (C=O) groups excluding carboxylic acids is 2. The van der Waals surface area contributed by atoms with Crippen LogP contribution in [0.15, 0.2) is 12.1 Å². The molecule has 0 bridgehead atoms. The molecule has 0 unspecified atom stereocenters.